The van der Waals surface area contributed by atoms with Gasteiger partial charge in [0.15, 0.2) is 4.34 Å². The average molecular weight is 253 g/mol. The minimum atomic E-state index is 0.224. The maximum absolute atomic E-state index is 10.8. The molecular weight excluding hydrogens is 238 g/mol. The zero-order chi connectivity index (χ0) is 12.0. The lowest BCUT2D eigenvalue weighted by atomic mass is 10.3. The van der Waals surface area contributed by atoms with Crippen LogP contribution >= 0.6 is 23.1 Å². The molecule has 0 aliphatic heterocycles. The first-order chi connectivity index (χ1) is 7.67. The average Bonchev–Trinajstić information content (AvgIpc) is 2.61. The molecule has 1 heterocycles. The number of carbonyl (C=O) groups is 1. The molecule has 0 unspecified atom stereocenters. The highest BCUT2D eigenvalue weighted by atomic mass is 32.2. The Kier molecular flexibility index (Phi) is 5.49. The van der Waals surface area contributed by atoms with Gasteiger partial charge in [-0.15, -0.1) is 11.3 Å². The minimum Gasteiger partial charge on any atom is -0.300 e. The molecule has 0 saturated heterocycles. The van der Waals surface area contributed by atoms with Crippen LogP contribution in [0.5, 0.6) is 0 Å². The quantitative estimate of drug-likeness (QED) is 0.720. The summed E-state index contributed by atoms with van der Waals surface area (Å²) in [5.41, 5.74) is 0.924. The van der Waals surface area contributed by atoms with Gasteiger partial charge < -0.3 is 0 Å². The third kappa shape index (κ3) is 3.94. The van der Waals surface area contributed by atoms with Gasteiger partial charge >= 0.3 is 0 Å². The first kappa shape index (κ1) is 13.2. The van der Waals surface area contributed by atoms with Crippen LogP contribution in [0.2, 0.25) is 0 Å². The maximum atomic E-state index is 10.8. The van der Waals surface area contributed by atoms with Crippen LogP contribution in [0.4, 0.5) is 0 Å². The van der Waals surface area contributed by atoms with E-state index in [1.54, 1.807) is 36.1 Å². The third-order valence-electron chi connectivity index (χ3n) is 1.85. The number of nitrogens with zero attached hydrogens (tertiary/aromatic N) is 1. The standard InChI is InChI=1S/C12H15NOS2/c1-4-6-11-10(5-2)13-12(16-11)15-8-7-9(3)14/h4-6H,2,7-8H2,1,3H3/b6-4-. The second kappa shape index (κ2) is 6.66. The van der Waals surface area contributed by atoms with Gasteiger partial charge in [-0.2, -0.15) is 0 Å². The molecule has 0 saturated carbocycles. The van der Waals surface area contributed by atoms with Crippen molar-refractivity contribution < 1.29 is 4.79 Å². The molecule has 0 spiro atoms. The number of ketones is 1. The van der Waals surface area contributed by atoms with Gasteiger partial charge in [-0.05, 0) is 26.0 Å². The van der Waals surface area contributed by atoms with E-state index in [9.17, 15) is 4.79 Å². The molecule has 0 aliphatic carbocycles. The molecule has 86 valence electrons. The Hall–Kier alpha value is -0.870. The molecule has 16 heavy (non-hydrogen) atoms. The monoisotopic (exact) mass is 253 g/mol. The number of hydrogen-bond donors (Lipinski definition) is 0. The van der Waals surface area contributed by atoms with Crippen LogP contribution in [-0.4, -0.2) is 16.5 Å². The molecule has 0 fully saturated rings. The van der Waals surface area contributed by atoms with Crippen LogP contribution in [0.1, 0.15) is 30.8 Å². The Balaban J connectivity index is 2.67. The molecule has 0 aromatic carbocycles. The van der Waals surface area contributed by atoms with E-state index in [0.717, 1.165) is 20.7 Å². The lowest BCUT2D eigenvalue weighted by Crippen LogP contribution is -1.91. The van der Waals surface area contributed by atoms with Crippen molar-refractivity contribution in [2.24, 2.45) is 0 Å². The number of Topliss-reactive ketones (excluding diaryl/α,β-unsaturated/α-hetero) is 1. The Bertz CT molecular complexity index is 407. The minimum absolute atomic E-state index is 0.224. The summed E-state index contributed by atoms with van der Waals surface area (Å²) < 4.78 is 1.00. The second-order valence-corrected chi connectivity index (χ2v) is 5.61. The number of allylic oxidation sites excluding steroid dienone is 1. The van der Waals surface area contributed by atoms with Crippen LogP contribution in [0.3, 0.4) is 0 Å². The van der Waals surface area contributed by atoms with Crippen molar-refractivity contribution >= 4 is 41.0 Å². The first-order valence-corrected chi connectivity index (χ1v) is 6.85. The molecule has 1 aromatic rings. The summed E-state index contributed by atoms with van der Waals surface area (Å²) in [5, 5.41) is 0. The molecule has 0 atom stereocenters. The van der Waals surface area contributed by atoms with Crippen molar-refractivity contribution in [1.29, 1.82) is 0 Å². The van der Waals surface area contributed by atoms with Crippen LogP contribution in [0.25, 0.3) is 12.2 Å². The summed E-state index contributed by atoms with van der Waals surface area (Å²) in [4.78, 5) is 16.4. The lowest BCUT2D eigenvalue weighted by Gasteiger charge is -1.92. The molecule has 4 heteroatoms. The summed E-state index contributed by atoms with van der Waals surface area (Å²) >= 11 is 3.27. The highest BCUT2D eigenvalue weighted by Crippen LogP contribution is 2.29. The summed E-state index contributed by atoms with van der Waals surface area (Å²) in [5.74, 6) is 1.02. The summed E-state index contributed by atoms with van der Waals surface area (Å²) in [6.45, 7) is 7.34. The molecule has 2 nitrogen and oxygen atoms in total. The van der Waals surface area contributed by atoms with Crippen LogP contribution in [0.15, 0.2) is 17.0 Å². The van der Waals surface area contributed by atoms with Crippen LogP contribution in [-0.2, 0) is 4.79 Å². The van der Waals surface area contributed by atoms with Crippen molar-refractivity contribution in [3.63, 3.8) is 0 Å². The number of thioether (sulfide) groups is 1. The van der Waals surface area contributed by atoms with Gasteiger partial charge in [-0.3, -0.25) is 4.79 Å². The highest BCUT2D eigenvalue weighted by Gasteiger charge is 2.06. The molecule has 1 aromatic heterocycles. The van der Waals surface area contributed by atoms with E-state index in [1.807, 2.05) is 19.1 Å². The zero-order valence-electron chi connectivity index (χ0n) is 9.53. The smallest absolute Gasteiger partial charge is 0.151 e. The number of thiazole rings is 1. The number of rotatable bonds is 6. The predicted molar refractivity (Wildman–Crippen MR) is 72.9 cm³/mol. The molecule has 0 radical (unpaired) electrons. The summed E-state index contributed by atoms with van der Waals surface area (Å²) in [7, 11) is 0. The second-order valence-electron chi connectivity index (χ2n) is 3.23. The number of carbonyl (C=O) groups excluding carboxylic acids is 1. The Morgan fingerprint density at radius 1 is 1.62 bits per heavy atom. The summed E-state index contributed by atoms with van der Waals surface area (Å²) in [6.07, 6.45) is 6.39. The fraction of sp³-hybridized carbons (Fsp3) is 0.333. The maximum Gasteiger partial charge on any atom is 0.151 e. The SMILES string of the molecule is C=Cc1nc(SCCC(C)=O)sc1/C=C\C. The fourth-order valence-electron chi connectivity index (χ4n) is 1.08. The van der Waals surface area contributed by atoms with E-state index >= 15 is 0 Å². The van der Waals surface area contributed by atoms with Gasteiger partial charge in [0.2, 0.25) is 0 Å². The molecule has 0 bridgehead atoms. The number of hydrogen-bond acceptors (Lipinski definition) is 4. The molecular formula is C12H15NOS2. The third-order valence-corrected chi connectivity index (χ3v) is 4.03. The van der Waals surface area contributed by atoms with Crippen LogP contribution < -0.4 is 0 Å². The van der Waals surface area contributed by atoms with Gasteiger partial charge in [-0.1, -0.05) is 24.4 Å². The normalized spacial score (nSPS) is 10.9. The highest BCUT2D eigenvalue weighted by molar-refractivity contribution is 8.01. The Labute approximate surface area is 104 Å². The van der Waals surface area contributed by atoms with Gasteiger partial charge in [0.25, 0.3) is 0 Å². The van der Waals surface area contributed by atoms with Gasteiger partial charge in [0.1, 0.15) is 5.78 Å². The van der Waals surface area contributed by atoms with Crippen molar-refractivity contribution in [2.75, 3.05) is 5.75 Å². The van der Waals surface area contributed by atoms with E-state index < -0.39 is 0 Å². The van der Waals surface area contributed by atoms with Gasteiger partial charge in [0, 0.05) is 12.2 Å². The van der Waals surface area contributed by atoms with Crippen LogP contribution in [0, 0.1) is 0 Å². The van der Waals surface area contributed by atoms with Gasteiger partial charge in [-0.25, -0.2) is 4.98 Å². The Morgan fingerprint density at radius 2 is 2.38 bits per heavy atom. The molecule has 1 rings (SSSR count). The van der Waals surface area contributed by atoms with Gasteiger partial charge in [0.05, 0.1) is 10.6 Å². The summed E-state index contributed by atoms with van der Waals surface area (Å²) in [6, 6.07) is 0. The first-order valence-electron chi connectivity index (χ1n) is 5.05. The van der Waals surface area contributed by atoms with Crippen molar-refractivity contribution in [3.05, 3.63) is 23.2 Å². The van der Waals surface area contributed by atoms with Crippen molar-refractivity contribution in [2.45, 2.75) is 24.6 Å². The predicted octanol–water partition coefficient (Wildman–Crippen LogP) is 3.89. The van der Waals surface area contributed by atoms with E-state index in [4.69, 9.17) is 0 Å². The van der Waals surface area contributed by atoms with E-state index in [2.05, 4.69) is 11.6 Å². The van der Waals surface area contributed by atoms with Crippen molar-refractivity contribution in [3.8, 4) is 0 Å². The van der Waals surface area contributed by atoms with E-state index in [1.165, 1.54) is 0 Å². The largest absolute Gasteiger partial charge is 0.300 e. The lowest BCUT2D eigenvalue weighted by molar-refractivity contribution is -0.116. The van der Waals surface area contributed by atoms with E-state index in [-0.39, 0.29) is 5.78 Å². The topological polar surface area (TPSA) is 30.0 Å². The zero-order valence-corrected chi connectivity index (χ0v) is 11.2. The van der Waals surface area contributed by atoms with E-state index in [0.29, 0.717) is 6.42 Å². The molecule has 0 N–H and O–H groups in total. The fourth-order valence-corrected chi connectivity index (χ4v) is 3.34. The molecule has 0 amide bonds. The molecule has 0 aliphatic rings. The Morgan fingerprint density at radius 3 is 2.94 bits per heavy atom. The van der Waals surface area contributed by atoms with Crippen molar-refractivity contribution in [1.82, 2.24) is 4.98 Å². The number of aromatic nitrogens is 1.